The van der Waals surface area contributed by atoms with E-state index in [1.54, 1.807) is 19.1 Å². The summed E-state index contributed by atoms with van der Waals surface area (Å²) in [5.74, 6) is 0.352. The zero-order valence-corrected chi connectivity index (χ0v) is 14.2. The van der Waals surface area contributed by atoms with E-state index in [0.29, 0.717) is 18.3 Å². The van der Waals surface area contributed by atoms with Gasteiger partial charge in [0.25, 0.3) is 11.5 Å². The van der Waals surface area contributed by atoms with Crippen molar-refractivity contribution in [2.24, 2.45) is 0 Å². The Morgan fingerprint density at radius 2 is 1.96 bits per heavy atom. The second kappa shape index (κ2) is 6.51. The Bertz CT molecular complexity index is 1000. The summed E-state index contributed by atoms with van der Waals surface area (Å²) in [7, 11) is 0. The monoisotopic (exact) mass is 351 g/mol. The molecule has 132 valence electrons. The molecule has 1 aliphatic carbocycles. The number of carbonyl (C=O) groups is 1. The van der Waals surface area contributed by atoms with Gasteiger partial charge < -0.3 is 5.32 Å². The van der Waals surface area contributed by atoms with Gasteiger partial charge in [-0.15, -0.1) is 5.10 Å². The number of nitrogens with zero attached hydrogens (tertiary/aromatic N) is 6. The summed E-state index contributed by atoms with van der Waals surface area (Å²) in [6.45, 7) is 2.20. The van der Waals surface area contributed by atoms with Gasteiger partial charge in [-0.25, -0.2) is 9.36 Å². The Labute approximate surface area is 148 Å². The first kappa shape index (κ1) is 16.1. The van der Waals surface area contributed by atoms with E-state index in [-0.39, 0.29) is 17.2 Å². The minimum Gasteiger partial charge on any atom is -0.321 e. The molecule has 0 atom stereocenters. The van der Waals surface area contributed by atoms with Crippen molar-refractivity contribution < 1.29 is 4.79 Å². The van der Waals surface area contributed by atoms with E-state index in [9.17, 15) is 9.59 Å². The van der Waals surface area contributed by atoms with E-state index in [1.807, 2.05) is 16.8 Å². The van der Waals surface area contributed by atoms with Gasteiger partial charge in [0, 0.05) is 23.9 Å². The standard InChI is InChI=1S/C17H17N7O2/c1-2-23-15(25)10-9-14(20-23)17(26)18-12-5-3-11(4-6-12)16-19-21-22-24(16)13-7-8-13/h3-6,9-10,13H,2,7-8H2,1H3,(H,18,26). The number of carbonyl (C=O) groups excluding carboxylic acids is 1. The molecule has 4 rings (SSSR count). The van der Waals surface area contributed by atoms with Crippen molar-refractivity contribution in [3.8, 4) is 11.4 Å². The molecular weight excluding hydrogens is 334 g/mol. The maximum Gasteiger partial charge on any atom is 0.276 e. The lowest BCUT2D eigenvalue weighted by Gasteiger charge is -2.07. The molecule has 0 radical (unpaired) electrons. The van der Waals surface area contributed by atoms with Gasteiger partial charge in [-0.05, 0) is 60.5 Å². The number of hydrogen-bond donors (Lipinski definition) is 1. The lowest BCUT2D eigenvalue weighted by atomic mass is 10.2. The largest absolute Gasteiger partial charge is 0.321 e. The Morgan fingerprint density at radius 1 is 1.19 bits per heavy atom. The number of benzene rings is 1. The summed E-state index contributed by atoms with van der Waals surface area (Å²) in [6, 6.07) is 10.4. The molecule has 0 aliphatic heterocycles. The number of nitrogens with one attached hydrogen (secondary N) is 1. The minimum atomic E-state index is -0.372. The zero-order chi connectivity index (χ0) is 18.1. The second-order valence-electron chi connectivity index (χ2n) is 6.08. The van der Waals surface area contributed by atoms with Crippen LogP contribution in [0.4, 0.5) is 5.69 Å². The van der Waals surface area contributed by atoms with E-state index < -0.39 is 0 Å². The third-order valence-corrected chi connectivity index (χ3v) is 4.19. The van der Waals surface area contributed by atoms with Crippen LogP contribution in [-0.4, -0.2) is 35.9 Å². The number of rotatable bonds is 5. The maximum atomic E-state index is 12.3. The quantitative estimate of drug-likeness (QED) is 0.746. The summed E-state index contributed by atoms with van der Waals surface area (Å²) in [5.41, 5.74) is 1.47. The number of aryl methyl sites for hydroxylation is 1. The number of aromatic nitrogens is 6. The van der Waals surface area contributed by atoms with Crippen LogP contribution in [0, 0.1) is 0 Å². The van der Waals surface area contributed by atoms with Crippen molar-refractivity contribution >= 4 is 11.6 Å². The van der Waals surface area contributed by atoms with Gasteiger partial charge in [-0.2, -0.15) is 5.10 Å². The Hall–Kier alpha value is -3.36. The van der Waals surface area contributed by atoms with Crippen LogP contribution >= 0.6 is 0 Å². The van der Waals surface area contributed by atoms with Gasteiger partial charge in [-0.1, -0.05) is 0 Å². The Morgan fingerprint density at radius 3 is 2.65 bits per heavy atom. The molecule has 2 aromatic heterocycles. The highest BCUT2D eigenvalue weighted by molar-refractivity contribution is 6.02. The number of hydrogen-bond acceptors (Lipinski definition) is 6. The van der Waals surface area contributed by atoms with E-state index >= 15 is 0 Å². The summed E-state index contributed by atoms with van der Waals surface area (Å²) >= 11 is 0. The summed E-state index contributed by atoms with van der Waals surface area (Å²) in [6.07, 6.45) is 2.19. The van der Waals surface area contributed by atoms with Crippen molar-refractivity contribution in [2.45, 2.75) is 32.4 Å². The Kier molecular flexibility index (Phi) is 4.04. The molecule has 1 aromatic carbocycles. The molecule has 9 nitrogen and oxygen atoms in total. The topological polar surface area (TPSA) is 108 Å². The minimum absolute atomic E-state index is 0.188. The van der Waals surface area contributed by atoms with Crippen LogP contribution in [-0.2, 0) is 6.54 Å². The highest BCUT2D eigenvalue weighted by atomic mass is 16.2. The van der Waals surface area contributed by atoms with E-state index in [2.05, 4.69) is 25.9 Å². The molecule has 2 heterocycles. The molecule has 3 aromatic rings. The van der Waals surface area contributed by atoms with Crippen LogP contribution < -0.4 is 10.9 Å². The van der Waals surface area contributed by atoms with Gasteiger partial charge >= 0.3 is 0 Å². The molecule has 1 aliphatic rings. The highest BCUT2D eigenvalue weighted by Gasteiger charge is 2.28. The third-order valence-electron chi connectivity index (χ3n) is 4.19. The van der Waals surface area contributed by atoms with Crippen molar-refractivity contribution in [2.75, 3.05) is 5.32 Å². The van der Waals surface area contributed by atoms with Gasteiger partial charge in [0.1, 0.15) is 5.69 Å². The van der Waals surface area contributed by atoms with Crippen LogP contribution in [0.2, 0.25) is 0 Å². The van der Waals surface area contributed by atoms with Gasteiger partial charge in [0.15, 0.2) is 5.82 Å². The molecule has 26 heavy (non-hydrogen) atoms. The van der Waals surface area contributed by atoms with E-state index in [1.165, 1.54) is 16.8 Å². The fraction of sp³-hybridized carbons (Fsp3) is 0.294. The van der Waals surface area contributed by atoms with Gasteiger partial charge in [0.05, 0.1) is 6.04 Å². The predicted octanol–water partition coefficient (Wildman–Crippen LogP) is 1.50. The molecule has 0 bridgehead atoms. The molecule has 1 fully saturated rings. The molecule has 0 spiro atoms. The van der Waals surface area contributed by atoms with Crippen LogP contribution in [0.25, 0.3) is 11.4 Å². The normalized spacial score (nSPS) is 13.6. The van der Waals surface area contributed by atoms with E-state index in [4.69, 9.17) is 0 Å². The van der Waals surface area contributed by atoms with Crippen LogP contribution in [0.1, 0.15) is 36.3 Å². The van der Waals surface area contributed by atoms with Gasteiger partial charge in [0.2, 0.25) is 0 Å². The highest BCUT2D eigenvalue weighted by Crippen LogP contribution is 2.36. The number of anilines is 1. The first-order valence-corrected chi connectivity index (χ1v) is 8.43. The lowest BCUT2D eigenvalue weighted by Crippen LogP contribution is -2.25. The van der Waals surface area contributed by atoms with Gasteiger partial charge in [-0.3, -0.25) is 9.59 Å². The summed E-state index contributed by atoms with van der Waals surface area (Å²) in [4.78, 5) is 23.9. The molecular formula is C17H17N7O2. The predicted molar refractivity (Wildman–Crippen MR) is 93.6 cm³/mol. The number of tetrazole rings is 1. The van der Waals surface area contributed by atoms with Crippen LogP contribution in [0.3, 0.4) is 0 Å². The molecule has 0 saturated heterocycles. The first-order valence-electron chi connectivity index (χ1n) is 8.43. The molecule has 1 saturated carbocycles. The Balaban J connectivity index is 1.51. The fourth-order valence-electron chi connectivity index (χ4n) is 2.64. The van der Waals surface area contributed by atoms with Crippen molar-refractivity contribution in [1.29, 1.82) is 0 Å². The molecule has 0 unspecified atom stereocenters. The molecule has 1 amide bonds. The molecule has 9 heteroatoms. The zero-order valence-electron chi connectivity index (χ0n) is 14.2. The van der Waals surface area contributed by atoms with Crippen molar-refractivity contribution in [3.05, 3.63) is 52.4 Å². The summed E-state index contributed by atoms with van der Waals surface area (Å²) in [5, 5.41) is 18.7. The first-order chi connectivity index (χ1) is 12.7. The molecule has 1 N–H and O–H groups in total. The second-order valence-corrected chi connectivity index (χ2v) is 6.08. The number of amides is 1. The third kappa shape index (κ3) is 3.10. The average Bonchev–Trinajstić information content (AvgIpc) is 3.39. The average molecular weight is 351 g/mol. The summed E-state index contributed by atoms with van der Waals surface area (Å²) < 4.78 is 3.08. The SMILES string of the molecule is CCn1nc(C(=O)Nc2ccc(-c3nnnn3C3CC3)cc2)ccc1=O. The van der Waals surface area contributed by atoms with Crippen LogP contribution in [0.15, 0.2) is 41.2 Å². The smallest absolute Gasteiger partial charge is 0.276 e. The van der Waals surface area contributed by atoms with E-state index in [0.717, 1.165) is 24.2 Å². The fourth-order valence-corrected chi connectivity index (χ4v) is 2.64. The van der Waals surface area contributed by atoms with Crippen molar-refractivity contribution in [3.63, 3.8) is 0 Å². The lowest BCUT2D eigenvalue weighted by molar-refractivity contribution is 0.102. The van der Waals surface area contributed by atoms with Crippen LogP contribution in [0.5, 0.6) is 0 Å². The van der Waals surface area contributed by atoms with Crippen molar-refractivity contribution in [1.82, 2.24) is 30.0 Å². The maximum absolute atomic E-state index is 12.3.